The van der Waals surface area contributed by atoms with Crippen molar-refractivity contribution in [2.45, 2.75) is 51.7 Å². The molecule has 0 radical (unpaired) electrons. The average Bonchev–Trinajstić information content (AvgIpc) is 3.19. The van der Waals surface area contributed by atoms with E-state index in [0.29, 0.717) is 38.2 Å². The lowest BCUT2D eigenvalue weighted by Crippen LogP contribution is -2.49. The molecule has 10 heteroatoms. The van der Waals surface area contributed by atoms with E-state index in [2.05, 4.69) is 27.1 Å². The van der Waals surface area contributed by atoms with Gasteiger partial charge in [-0.25, -0.2) is 14.4 Å². The van der Waals surface area contributed by atoms with Crippen LogP contribution in [0, 0.1) is 5.82 Å². The van der Waals surface area contributed by atoms with Gasteiger partial charge >= 0.3 is 6.18 Å². The number of nitrogens with zero attached hydrogens (tertiary/aromatic N) is 4. The highest BCUT2D eigenvalue weighted by molar-refractivity contribution is 6.19. The van der Waals surface area contributed by atoms with Gasteiger partial charge in [0.25, 0.3) is 5.91 Å². The summed E-state index contributed by atoms with van der Waals surface area (Å²) < 4.78 is 53.3. The second-order valence-corrected chi connectivity index (χ2v) is 9.35. The van der Waals surface area contributed by atoms with Crippen molar-refractivity contribution in [1.82, 2.24) is 20.2 Å². The smallest absolute Gasteiger partial charge is 0.388 e. The summed E-state index contributed by atoms with van der Waals surface area (Å²) in [6, 6.07) is 2.57. The fraction of sp³-hybridized carbons (Fsp3) is 0.480. The van der Waals surface area contributed by atoms with Crippen LogP contribution in [0.3, 0.4) is 0 Å². The zero-order valence-corrected chi connectivity index (χ0v) is 20.0. The van der Waals surface area contributed by atoms with Crippen molar-refractivity contribution in [3.05, 3.63) is 58.9 Å². The number of fused-ring (bicyclic) bond motifs is 1. The molecular formula is C25H29F4N5O. The lowest BCUT2D eigenvalue weighted by Gasteiger charge is -2.37. The summed E-state index contributed by atoms with van der Waals surface area (Å²) >= 11 is 0. The topological polar surface area (TPSA) is 61.4 Å². The Morgan fingerprint density at radius 1 is 1.17 bits per heavy atom. The fourth-order valence-corrected chi connectivity index (χ4v) is 4.60. The molecule has 1 fully saturated rings. The largest absolute Gasteiger partial charge is 0.419 e. The van der Waals surface area contributed by atoms with Crippen molar-refractivity contribution in [2.75, 3.05) is 31.1 Å². The Bertz CT molecular complexity index is 1120. The van der Waals surface area contributed by atoms with Gasteiger partial charge in [0.05, 0.1) is 11.1 Å². The number of hydrogen-bond acceptors (Lipinski definition) is 5. The van der Waals surface area contributed by atoms with Gasteiger partial charge in [0.1, 0.15) is 18.0 Å². The molecule has 1 amide bonds. The Labute approximate surface area is 202 Å². The highest BCUT2D eigenvalue weighted by atomic mass is 19.4. The molecule has 1 aliphatic heterocycles. The Hall–Kier alpha value is -3.17. The predicted octanol–water partition coefficient (Wildman–Crippen LogP) is 4.37. The first-order valence-corrected chi connectivity index (χ1v) is 11.8. The van der Waals surface area contributed by atoms with Crippen molar-refractivity contribution in [3.8, 4) is 0 Å². The van der Waals surface area contributed by atoms with Crippen molar-refractivity contribution < 1.29 is 22.4 Å². The number of aryl methyl sites for hydroxylation is 1. The van der Waals surface area contributed by atoms with Gasteiger partial charge in [-0.3, -0.25) is 4.79 Å². The summed E-state index contributed by atoms with van der Waals surface area (Å²) in [5, 5.41) is 3.01. The van der Waals surface area contributed by atoms with Crippen molar-refractivity contribution in [2.24, 2.45) is 0 Å². The number of hydrogen-bond donors (Lipinski definition) is 1. The quantitative estimate of drug-likeness (QED) is 0.497. The second-order valence-electron chi connectivity index (χ2n) is 9.35. The number of piperazine rings is 1. The molecule has 0 bridgehead atoms. The molecule has 1 aliphatic carbocycles. The number of carbonyl (C=O) groups excluding carboxylic acids is 1. The summed E-state index contributed by atoms with van der Waals surface area (Å²) in [5.41, 5.74) is 1.12. The van der Waals surface area contributed by atoms with E-state index in [1.165, 1.54) is 11.8 Å². The summed E-state index contributed by atoms with van der Waals surface area (Å²) in [6.07, 6.45) is 0.217. The van der Waals surface area contributed by atoms with Gasteiger partial charge in [0.2, 0.25) is 0 Å². The standard InChI is InChI=1S/C25H29F4N5O/c1-15(2)30-13-18(17-5-6-19(20(26)12-17)25(27,28)29)24(35)34-10-8-33(9-11-34)23-22-16(3)4-7-21(22)31-14-32-23/h5-6,12-16,30H,4,7-11H2,1-3H3/b18-13-/t16-/m1/s1. The van der Waals surface area contributed by atoms with E-state index in [1.54, 1.807) is 11.2 Å². The van der Waals surface area contributed by atoms with Crippen LogP contribution in [0.2, 0.25) is 0 Å². The van der Waals surface area contributed by atoms with E-state index in [-0.39, 0.29) is 23.1 Å². The first-order chi connectivity index (χ1) is 16.6. The van der Waals surface area contributed by atoms with E-state index in [1.807, 2.05) is 13.8 Å². The van der Waals surface area contributed by atoms with Crippen molar-refractivity contribution >= 4 is 17.3 Å². The molecule has 0 unspecified atom stereocenters. The molecule has 1 aromatic carbocycles. The minimum Gasteiger partial charge on any atom is -0.388 e. The average molecular weight is 492 g/mol. The Kier molecular flexibility index (Phi) is 7.00. The molecule has 2 aliphatic rings. The maximum absolute atomic E-state index is 14.3. The zero-order chi connectivity index (χ0) is 25.3. The number of alkyl halides is 3. The number of rotatable bonds is 5. The third kappa shape index (κ3) is 5.26. The van der Waals surface area contributed by atoms with E-state index in [4.69, 9.17) is 0 Å². The van der Waals surface area contributed by atoms with Crippen LogP contribution < -0.4 is 10.2 Å². The molecule has 2 aromatic rings. The predicted molar refractivity (Wildman–Crippen MR) is 125 cm³/mol. The minimum atomic E-state index is -4.80. The zero-order valence-electron chi connectivity index (χ0n) is 20.0. The van der Waals surface area contributed by atoms with E-state index in [9.17, 15) is 22.4 Å². The second kappa shape index (κ2) is 9.83. The number of carbonyl (C=O) groups is 1. The van der Waals surface area contributed by atoms with Crippen molar-refractivity contribution in [3.63, 3.8) is 0 Å². The molecule has 1 N–H and O–H groups in total. The van der Waals surface area contributed by atoms with E-state index < -0.39 is 17.6 Å². The van der Waals surface area contributed by atoms with E-state index in [0.717, 1.165) is 36.5 Å². The first-order valence-electron chi connectivity index (χ1n) is 11.8. The molecule has 1 atom stereocenters. The number of benzene rings is 1. The van der Waals surface area contributed by atoms with Gasteiger partial charge in [0.15, 0.2) is 0 Å². The number of anilines is 1. The number of nitrogens with one attached hydrogen (secondary N) is 1. The normalized spacial score (nSPS) is 18.7. The molecular weight excluding hydrogens is 462 g/mol. The van der Waals surface area contributed by atoms with Crippen LogP contribution in [0.1, 0.15) is 55.5 Å². The Balaban J connectivity index is 1.53. The SMILES string of the molecule is CC(C)N/C=C(\C(=O)N1CCN(c2ncnc3c2[C@H](C)CC3)CC1)c1ccc(C(F)(F)F)c(F)c1. The van der Waals surface area contributed by atoms with Gasteiger partial charge in [-0.15, -0.1) is 0 Å². The maximum Gasteiger partial charge on any atom is 0.419 e. The highest BCUT2D eigenvalue weighted by Gasteiger charge is 2.35. The van der Waals surface area contributed by atoms with Crippen LogP contribution in [0.5, 0.6) is 0 Å². The fourth-order valence-electron chi connectivity index (χ4n) is 4.60. The molecule has 0 saturated carbocycles. The molecule has 0 spiro atoms. The van der Waals surface area contributed by atoms with Gasteiger partial charge in [0, 0.05) is 49.7 Å². The molecule has 1 aromatic heterocycles. The Morgan fingerprint density at radius 2 is 1.89 bits per heavy atom. The third-order valence-corrected chi connectivity index (χ3v) is 6.50. The first kappa shape index (κ1) is 24.9. The van der Waals surface area contributed by atoms with Gasteiger partial charge < -0.3 is 15.1 Å². The molecule has 35 heavy (non-hydrogen) atoms. The highest BCUT2D eigenvalue weighted by Crippen LogP contribution is 2.37. The number of aromatic nitrogens is 2. The molecule has 4 rings (SSSR count). The van der Waals surface area contributed by atoms with Crippen LogP contribution >= 0.6 is 0 Å². The van der Waals surface area contributed by atoms with Gasteiger partial charge in [-0.2, -0.15) is 13.2 Å². The van der Waals surface area contributed by atoms with Gasteiger partial charge in [-0.05, 0) is 50.3 Å². The number of halogens is 4. The molecule has 2 heterocycles. The van der Waals surface area contributed by atoms with Gasteiger partial charge in [-0.1, -0.05) is 13.0 Å². The molecule has 188 valence electrons. The number of amides is 1. The summed E-state index contributed by atoms with van der Waals surface area (Å²) in [5.74, 6) is -0.478. The van der Waals surface area contributed by atoms with Crippen LogP contribution in [-0.4, -0.2) is 53.0 Å². The maximum atomic E-state index is 14.3. The lowest BCUT2D eigenvalue weighted by atomic mass is 10.0. The molecule has 1 saturated heterocycles. The van der Waals surface area contributed by atoms with Crippen molar-refractivity contribution in [1.29, 1.82) is 0 Å². The van der Waals surface area contributed by atoms with Crippen LogP contribution in [0.4, 0.5) is 23.4 Å². The monoisotopic (exact) mass is 491 g/mol. The summed E-state index contributed by atoms with van der Waals surface area (Å²) in [4.78, 5) is 26.1. The summed E-state index contributed by atoms with van der Waals surface area (Å²) in [6.45, 7) is 7.85. The van der Waals surface area contributed by atoms with Crippen LogP contribution in [-0.2, 0) is 17.4 Å². The lowest BCUT2D eigenvalue weighted by molar-refractivity contribution is -0.140. The minimum absolute atomic E-state index is 0.0178. The Morgan fingerprint density at radius 3 is 2.51 bits per heavy atom. The van der Waals surface area contributed by atoms with Crippen LogP contribution in [0.15, 0.2) is 30.7 Å². The van der Waals surface area contributed by atoms with E-state index >= 15 is 0 Å². The third-order valence-electron chi connectivity index (χ3n) is 6.50. The molecule has 6 nitrogen and oxygen atoms in total. The summed E-state index contributed by atoms with van der Waals surface area (Å²) in [7, 11) is 0. The van der Waals surface area contributed by atoms with Crippen LogP contribution in [0.25, 0.3) is 5.57 Å².